The molecule has 226 valence electrons. The number of alkyl halides is 3. The molecule has 0 saturated carbocycles. The first-order valence-electron chi connectivity index (χ1n) is 12.7. The van der Waals surface area contributed by atoms with Crippen LogP contribution in [0.25, 0.3) is 5.82 Å². The number of hydrogen-bond acceptors (Lipinski definition) is 11. The van der Waals surface area contributed by atoms with Gasteiger partial charge in [-0.2, -0.15) is 38.3 Å². The van der Waals surface area contributed by atoms with Gasteiger partial charge in [0.25, 0.3) is 5.56 Å². The lowest BCUT2D eigenvalue weighted by Gasteiger charge is -2.23. The topological polar surface area (TPSA) is 135 Å². The van der Waals surface area contributed by atoms with Crippen LogP contribution in [0.5, 0.6) is 5.88 Å². The third kappa shape index (κ3) is 8.20. The van der Waals surface area contributed by atoms with Gasteiger partial charge in [-0.25, -0.2) is 4.79 Å². The number of pyridine rings is 1. The number of hydrazone groups is 1. The highest BCUT2D eigenvalue weighted by molar-refractivity contribution is 8.38. The molecule has 16 heteroatoms. The molecule has 0 saturated heterocycles. The molecule has 3 heterocycles. The predicted molar refractivity (Wildman–Crippen MR) is 157 cm³/mol. The number of carbonyl (C=O) groups is 1. The Morgan fingerprint density at radius 2 is 1.98 bits per heavy atom. The summed E-state index contributed by atoms with van der Waals surface area (Å²) in [5.41, 5.74) is -1.20. The smallest absolute Gasteiger partial charge is 0.416 e. The number of aromatic nitrogens is 3. The lowest BCUT2D eigenvalue weighted by Crippen LogP contribution is -2.34. The number of amides is 1. The number of anilines is 1. The van der Waals surface area contributed by atoms with Crippen LogP contribution in [0.4, 0.5) is 23.7 Å². The van der Waals surface area contributed by atoms with E-state index in [9.17, 15) is 28.0 Å². The van der Waals surface area contributed by atoms with Gasteiger partial charge >= 0.3 is 12.3 Å². The van der Waals surface area contributed by atoms with Crippen LogP contribution in [0.1, 0.15) is 37.5 Å². The number of benzene rings is 1. The largest absolute Gasteiger partial charge is 0.476 e. The standard InChI is InChI=1S/C27H26F3N7O4S2/c1-26(2,3)41-24(39)32-10-11-40-21-7-5-6-20(34-21)37-23(38)22-19(14-33-37)36(4)35-25(43-22)42-15-16-8-9-18(27(28,29)30)12-17(16)13-31/h5-9,12,14H,10-11,15H2,1-4H3,(H,32,39). The Morgan fingerprint density at radius 3 is 2.67 bits per heavy atom. The van der Waals surface area contributed by atoms with Crippen LogP contribution in [-0.4, -0.2) is 51.0 Å². The summed E-state index contributed by atoms with van der Waals surface area (Å²) < 4.78 is 51.5. The van der Waals surface area contributed by atoms with Gasteiger partial charge in [-0.05, 0) is 44.5 Å². The maximum Gasteiger partial charge on any atom is 0.416 e. The maximum absolute atomic E-state index is 13.5. The van der Waals surface area contributed by atoms with Crippen molar-refractivity contribution in [2.45, 2.75) is 43.2 Å². The molecule has 1 aromatic carbocycles. The molecule has 1 N–H and O–H groups in total. The van der Waals surface area contributed by atoms with Gasteiger partial charge in [0.15, 0.2) is 10.2 Å². The summed E-state index contributed by atoms with van der Waals surface area (Å²) in [6.45, 7) is 5.54. The molecule has 0 spiro atoms. The van der Waals surface area contributed by atoms with E-state index in [0.29, 0.717) is 20.5 Å². The van der Waals surface area contributed by atoms with Crippen LogP contribution in [-0.2, 0) is 16.7 Å². The van der Waals surface area contributed by atoms with Gasteiger partial charge in [-0.3, -0.25) is 9.80 Å². The fourth-order valence-corrected chi connectivity index (χ4v) is 5.78. The van der Waals surface area contributed by atoms with Gasteiger partial charge in [-0.1, -0.05) is 35.7 Å². The van der Waals surface area contributed by atoms with E-state index in [4.69, 9.17) is 9.47 Å². The number of thioether (sulfide) groups is 2. The number of halogens is 3. The SMILES string of the molecule is CN1N=C(SCc2ccc(C(F)(F)F)cc2C#N)Sc2c1cnn(-c1cccc(OCCNC(=O)OC(C)(C)C)n1)c2=O. The van der Waals surface area contributed by atoms with E-state index in [1.54, 1.807) is 46.0 Å². The highest BCUT2D eigenvalue weighted by Crippen LogP contribution is 2.37. The summed E-state index contributed by atoms with van der Waals surface area (Å²) in [7, 11) is 1.64. The molecule has 11 nitrogen and oxygen atoms in total. The van der Waals surface area contributed by atoms with Crippen LogP contribution < -0.4 is 20.6 Å². The Balaban J connectivity index is 1.44. The molecule has 0 aliphatic carbocycles. The van der Waals surface area contributed by atoms with Crippen LogP contribution >= 0.6 is 23.5 Å². The highest BCUT2D eigenvalue weighted by atomic mass is 32.2. The van der Waals surface area contributed by atoms with Crippen molar-refractivity contribution in [3.8, 4) is 17.8 Å². The van der Waals surface area contributed by atoms with Crippen molar-refractivity contribution < 1.29 is 27.4 Å². The fraction of sp³-hybridized carbons (Fsp3) is 0.333. The number of fused-ring (bicyclic) bond motifs is 1. The zero-order valence-electron chi connectivity index (χ0n) is 23.4. The fourth-order valence-electron chi connectivity index (χ4n) is 3.61. The van der Waals surface area contributed by atoms with E-state index in [2.05, 4.69) is 20.5 Å². The van der Waals surface area contributed by atoms with Gasteiger partial charge in [0, 0.05) is 18.9 Å². The second-order valence-corrected chi connectivity index (χ2v) is 12.2. The molecule has 0 fully saturated rings. The number of carbonyl (C=O) groups excluding carboxylic acids is 1. The van der Waals surface area contributed by atoms with Gasteiger partial charge < -0.3 is 14.8 Å². The lowest BCUT2D eigenvalue weighted by atomic mass is 10.1. The quantitative estimate of drug-likeness (QED) is 0.348. The van der Waals surface area contributed by atoms with Crippen molar-refractivity contribution in [2.24, 2.45) is 5.10 Å². The molecule has 1 amide bonds. The number of nitrogens with one attached hydrogen (secondary N) is 1. The Hall–Kier alpha value is -4.23. The molecule has 0 unspecified atom stereocenters. The highest BCUT2D eigenvalue weighted by Gasteiger charge is 2.31. The molecule has 3 aromatic rings. The molecule has 0 atom stereocenters. The maximum atomic E-state index is 13.5. The lowest BCUT2D eigenvalue weighted by molar-refractivity contribution is -0.137. The average molecular weight is 634 g/mol. The average Bonchev–Trinajstić information content (AvgIpc) is 2.93. The number of ether oxygens (including phenoxy) is 2. The third-order valence-corrected chi connectivity index (χ3v) is 7.77. The Bertz CT molecular complexity index is 1650. The summed E-state index contributed by atoms with van der Waals surface area (Å²) in [5, 5.41) is 22.1. The van der Waals surface area contributed by atoms with Crippen LogP contribution in [0.2, 0.25) is 0 Å². The first-order chi connectivity index (χ1) is 20.2. The Morgan fingerprint density at radius 1 is 1.21 bits per heavy atom. The Kier molecular flexibility index (Phi) is 9.55. The zero-order chi connectivity index (χ0) is 31.4. The van der Waals surface area contributed by atoms with Gasteiger partial charge in [0.2, 0.25) is 5.88 Å². The molecule has 1 aliphatic heterocycles. The number of alkyl carbamates (subject to hydrolysis) is 1. The number of nitriles is 1. The molecule has 2 aromatic heterocycles. The predicted octanol–water partition coefficient (Wildman–Crippen LogP) is 5.17. The minimum atomic E-state index is -4.56. The second kappa shape index (κ2) is 13.0. The van der Waals surface area contributed by atoms with Gasteiger partial charge in [0.1, 0.15) is 17.1 Å². The summed E-state index contributed by atoms with van der Waals surface area (Å²) in [4.78, 5) is 29.9. The Labute approximate surface area is 253 Å². The van der Waals surface area contributed by atoms with E-state index in [-0.39, 0.29) is 36.2 Å². The second-order valence-electron chi connectivity index (χ2n) is 9.95. The van der Waals surface area contributed by atoms with E-state index >= 15 is 0 Å². The van der Waals surface area contributed by atoms with E-state index in [1.807, 2.05) is 6.07 Å². The van der Waals surface area contributed by atoms with Crippen LogP contribution in [0.15, 0.2) is 57.4 Å². The number of rotatable bonds is 7. The minimum Gasteiger partial charge on any atom is -0.476 e. The number of hydrogen-bond donors (Lipinski definition) is 1. The summed E-state index contributed by atoms with van der Waals surface area (Å²) >= 11 is 2.27. The minimum absolute atomic E-state index is 0.0853. The third-order valence-electron chi connectivity index (χ3n) is 5.54. The monoisotopic (exact) mass is 633 g/mol. The molecule has 4 rings (SSSR count). The molecular formula is C27H26F3N7O4S2. The first kappa shape index (κ1) is 31.7. The van der Waals surface area contributed by atoms with Crippen LogP contribution in [0, 0.1) is 11.3 Å². The zero-order valence-corrected chi connectivity index (χ0v) is 25.1. The van der Waals surface area contributed by atoms with Crippen molar-refractivity contribution in [1.29, 1.82) is 5.26 Å². The van der Waals surface area contributed by atoms with E-state index in [0.717, 1.165) is 28.6 Å². The first-order valence-corrected chi connectivity index (χ1v) is 14.5. The van der Waals surface area contributed by atoms with Crippen molar-refractivity contribution in [2.75, 3.05) is 25.2 Å². The molecule has 1 aliphatic rings. The van der Waals surface area contributed by atoms with Crippen molar-refractivity contribution in [1.82, 2.24) is 20.1 Å². The summed E-state index contributed by atoms with van der Waals surface area (Å²) in [5.74, 6) is 0.579. The van der Waals surface area contributed by atoms with E-state index < -0.39 is 29.0 Å². The molecule has 0 radical (unpaired) electrons. The normalized spacial score (nSPS) is 13.1. The van der Waals surface area contributed by atoms with Gasteiger partial charge in [-0.15, -0.1) is 0 Å². The molecule has 0 bridgehead atoms. The van der Waals surface area contributed by atoms with E-state index in [1.165, 1.54) is 29.0 Å². The summed E-state index contributed by atoms with van der Waals surface area (Å²) in [6.07, 6.45) is -3.66. The van der Waals surface area contributed by atoms with Gasteiger partial charge in [0.05, 0.1) is 35.6 Å². The van der Waals surface area contributed by atoms with Crippen molar-refractivity contribution in [3.05, 3.63) is 69.6 Å². The van der Waals surface area contributed by atoms with Crippen LogP contribution in [0.3, 0.4) is 0 Å². The van der Waals surface area contributed by atoms with Crippen molar-refractivity contribution in [3.63, 3.8) is 0 Å². The summed E-state index contributed by atoms with van der Waals surface area (Å²) in [6, 6.07) is 9.66. The van der Waals surface area contributed by atoms with Crippen molar-refractivity contribution >= 4 is 39.7 Å². The molecular weight excluding hydrogens is 607 g/mol. The molecule has 43 heavy (non-hydrogen) atoms. The number of nitrogens with zero attached hydrogens (tertiary/aromatic N) is 6.